The van der Waals surface area contributed by atoms with E-state index in [0.717, 1.165) is 30.4 Å². The van der Waals surface area contributed by atoms with Crippen molar-refractivity contribution in [3.63, 3.8) is 0 Å². The van der Waals surface area contributed by atoms with E-state index in [2.05, 4.69) is 10.3 Å². The van der Waals surface area contributed by atoms with Crippen LogP contribution in [0.4, 0.5) is 5.13 Å². The molecular formula is C19H18N2O4S2. The SMILES string of the molecule is O=C(Nc1nc2ccc(OS(=O)(=O)c3ccccc3)cc2s1)C1CCCC1. The second kappa shape index (κ2) is 7.28. The molecule has 0 aliphatic heterocycles. The van der Waals surface area contributed by atoms with Gasteiger partial charge in [-0.3, -0.25) is 4.79 Å². The van der Waals surface area contributed by atoms with Gasteiger partial charge in [-0.1, -0.05) is 42.4 Å². The Balaban J connectivity index is 1.53. The fraction of sp³-hybridized carbons (Fsp3) is 0.263. The van der Waals surface area contributed by atoms with Gasteiger partial charge in [0.25, 0.3) is 0 Å². The highest BCUT2D eigenvalue weighted by molar-refractivity contribution is 7.87. The summed E-state index contributed by atoms with van der Waals surface area (Å²) in [6.07, 6.45) is 4.03. The van der Waals surface area contributed by atoms with E-state index in [0.29, 0.717) is 10.6 Å². The molecule has 0 bridgehead atoms. The van der Waals surface area contributed by atoms with Crippen LogP contribution in [0.15, 0.2) is 53.4 Å². The van der Waals surface area contributed by atoms with Crippen molar-refractivity contribution < 1.29 is 17.4 Å². The number of hydrogen-bond acceptors (Lipinski definition) is 6. The molecule has 8 heteroatoms. The van der Waals surface area contributed by atoms with Crippen LogP contribution in [0, 0.1) is 5.92 Å². The summed E-state index contributed by atoms with van der Waals surface area (Å²) in [5, 5.41) is 3.39. The van der Waals surface area contributed by atoms with Crippen LogP contribution in [0.1, 0.15) is 25.7 Å². The molecule has 140 valence electrons. The Bertz CT molecular complexity index is 1070. The van der Waals surface area contributed by atoms with Crippen molar-refractivity contribution in [2.45, 2.75) is 30.6 Å². The maximum atomic E-state index is 12.3. The lowest BCUT2D eigenvalue weighted by atomic mass is 10.1. The molecule has 6 nitrogen and oxygen atoms in total. The molecule has 1 aromatic heterocycles. The molecule has 1 aliphatic carbocycles. The first-order valence-electron chi connectivity index (χ1n) is 8.72. The van der Waals surface area contributed by atoms with E-state index in [9.17, 15) is 13.2 Å². The molecule has 0 atom stereocenters. The predicted molar refractivity (Wildman–Crippen MR) is 104 cm³/mol. The van der Waals surface area contributed by atoms with E-state index in [-0.39, 0.29) is 22.5 Å². The first-order chi connectivity index (χ1) is 13.0. The van der Waals surface area contributed by atoms with Crippen LogP contribution < -0.4 is 9.50 Å². The number of hydrogen-bond donors (Lipinski definition) is 1. The number of carbonyl (C=O) groups excluding carboxylic acids is 1. The summed E-state index contributed by atoms with van der Waals surface area (Å²) < 4.78 is 30.7. The van der Waals surface area contributed by atoms with Gasteiger partial charge in [0, 0.05) is 12.0 Å². The minimum absolute atomic E-state index is 0.00897. The van der Waals surface area contributed by atoms with Crippen LogP contribution in [0.3, 0.4) is 0 Å². The van der Waals surface area contributed by atoms with Crippen molar-refractivity contribution in [2.75, 3.05) is 5.32 Å². The van der Waals surface area contributed by atoms with Gasteiger partial charge < -0.3 is 9.50 Å². The molecule has 27 heavy (non-hydrogen) atoms. The number of rotatable bonds is 5. The zero-order valence-electron chi connectivity index (χ0n) is 14.4. The number of aromatic nitrogens is 1. The lowest BCUT2D eigenvalue weighted by Gasteiger charge is -2.07. The van der Waals surface area contributed by atoms with Gasteiger partial charge in [0.2, 0.25) is 5.91 Å². The van der Waals surface area contributed by atoms with Crippen LogP contribution in [0.25, 0.3) is 10.2 Å². The molecular weight excluding hydrogens is 384 g/mol. The minimum Gasteiger partial charge on any atom is -0.379 e. The van der Waals surface area contributed by atoms with E-state index in [4.69, 9.17) is 4.18 Å². The van der Waals surface area contributed by atoms with Crippen molar-refractivity contribution in [1.29, 1.82) is 0 Å². The molecule has 1 aliphatic rings. The van der Waals surface area contributed by atoms with E-state index < -0.39 is 10.1 Å². The number of nitrogens with zero attached hydrogens (tertiary/aromatic N) is 1. The Morgan fingerprint density at radius 3 is 2.59 bits per heavy atom. The molecule has 4 rings (SSSR count). The normalized spacial score (nSPS) is 15.1. The van der Waals surface area contributed by atoms with Crippen molar-refractivity contribution in [3.8, 4) is 5.75 Å². The zero-order chi connectivity index (χ0) is 18.9. The number of amides is 1. The number of carbonyl (C=O) groups is 1. The third-order valence-electron chi connectivity index (χ3n) is 4.55. The zero-order valence-corrected chi connectivity index (χ0v) is 16.1. The highest BCUT2D eigenvalue weighted by atomic mass is 32.2. The van der Waals surface area contributed by atoms with Gasteiger partial charge in [0.15, 0.2) is 5.13 Å². The minimum atomic E-state index is -3.89. The quantitative estimate of drug-likeness (QED) is 0.647. The molecule has 1 saturated carbocycles. The summed E-state index contributed by atoms with van der Waals surface area (Å²) in [5.41, 5.74) is 0.686. The van der Waals surface area contributed by atoms with E-state index in [1.54, 1.807) is 36.4 Å². The van der Waals surface area contributed by atoms with Crippen molar-refractivity contribution in [3.05, 3.63) is 48.5 Å². The smallest absolute Gasteiger partial charge is 0.339 e. The standard InChI is InChI=1S/C19H18N2O4S2/c22-18(13-6-4-5-7-13)21-19-20-16-11-10-14(12-17(16)26-19)25-27(23,24)15-8-2-1-3-9-15/h1-3,8-13H,4-7H2,(H,20,21,22). The fourth-order valence-corrected chi connectivity index (χ4v) is 5.01. The number of nitrogens with one attached hydrogen (secondary N) is 1. The Kier molecular flexibility index (Phi) is 4.84. The highest BCUT2D eigenvalue weighted by Gasteiger charge is 2.23. The average molecular weight is 402 g/mol. The summed E-state index contributed by atoms with van der Waals surface area (Å²) in [4.78, 5) is 16.8. The molecule has 0 unspecified atom stereocenters. The Morgan fingerprint density at radius 2 is 1.85 bits per heavy atom. The monoisotopic (exact) mass is 402 g/mol. The van der Waals surface area contributed by atoms with Gasteiger partial charge in [-0.15, -0.1) is 0 Å². The highest BCUT2D eigenvalue weighted by Crippen LogP contribution is 2.32. The van der Waals surface area contributed by atoms with Crippen molar-refractivity contribution in [1.82, 2.24) is 4.98 Å². The van der Waals surface area contributed by atoms with Crippen molar-refractivity contribution >= 4 is 42.7 Å². The van der Waals surface area contributed by atoms with E-state index in [1.807, 2.05) is 0 Å². The molecule has 3 aromatic rings. The van der Waals surface area contributed by atoms with Crippen LogP contribution in [-0.2, 0) is 14.9 Å². The first-order valence-corrected chi connectivity index (χ1v) is 10.9. The van der Waals surface area contributed by atoms with Crippen molar-refractivity contribution in [2.24, 2.45) is 5.92 Å². The fourth-order valence-electron chi connectivity index (χ4n) is 3.17. The number of benzene rings is 2. The van der Waals surface area contributed by atoms with Crippen LogP contribution >= 0.6 is 11.3 Å². The molecule has 0 spiro atoms. The van der Waals surface area contributed by atoms with Gasteiger partial charge in [-0.05, 0) is 37.1 Å². The molecule has 2 aromatic carbocycles. The summed E-state index contributed by atoms with van der Waals surface area (Å²) in [6, 6.07) is 12.9. The molecule has 1 amide bonds. The number of thiazole rings is 1. The topological polar surface area (TPSA) is 85.4 Å². The van der Waals surface area contributed by atoms with Gasteiger partial charge in [-0.25, -0.2) is 4.98 Å². The summed E-state index contributed by atoms with van der Waals surface area (Å²) in [5.74, 6) is 0.283. The van der Waals surface area contributed by atoms with Gasteiger partial charge in [0.1, 0.15) is 10.6 Å². The molecule has 1 fully saturated rings. The predicted octanol–water partition coefficient (Wildman–Crippen LogP) is 4.19. The Labute approximate surface area is 161 Å². The number of anilines is 1. The summed E-state index contributed by atoms with van der Waals surface area (Å²) in [7, 11) is -3.89. The number of fused-ring (bicyclic) bond motifs is 1. The molecule has 0 saturated heterocycles. The van der Waals surface area contributed by atoms with Gasteiger partial charge in [0.05, 0.1) is 10.2 Å². The first kappa shape index (κ1) is 17.9. The Morgan fingerprint density at radius 1 is 1.11 bits per heavy atom. The van der Waals surface area contributed by atoms with Crippen LogP contribution in [0.5, 0.6) is 5.75 Å². The maximum Gasteiger partial charge on any atom is 0.339 e. The lowest BCUT2D eigenvalue weighted by Crippen LogP contribution is -2.19. The largest absolute Gasteiger partial charge is 0.379 e. The second-order valence-corrected chi connectivity index (χ2v) is 9.05. The summed E-state index contributed by atoms with van der Waals surface area (Å²) >= 11 is 1.30. The van der Waals surface area contributed by atoms with Crippen LogP contribution in [0.2, 0.25) is 0 Å². The molecule has 0 radical (unpaired) electrons. The summed E-state index contributed by atoms with van der Waals surface area (Å²) in [6.45, 7) is 0. The maximum absolute atomic E-state index is 12.3. The molecule has 1 N–H and O–H groups in total. The van der Waals surface area contributed by atoms with Gasteiger partial charge in [-0.2, -0.15) is 8.42 Å². The Hall–Kier alpha value is -2.45. The van der Waals surface area contributed by atoms with Gasteiger partial charge >= 0.3 is 10.1 Å². The lowest BCUT2D eigenvalue weighted by molar-refractivity contribution is -0.119. The third-order valence-corrected chi connectivity index (χ3v) is 6.75. The second-order valence-electron chi connectivity index (χ2n) is 6.47. The van der Waals surface area contributed by atoms with E-state index >= 15 is 0 Å². The van der Waals surface area contributed by atoms with Crippen LogP contribution in [-0.4, -0.2) is 19.3 Å². The average Bonchev–Trinajstić information content (AvgIpc) is 3.31. The molecule has 1 heterocycles. The third kappa shape index (κ3) is 3.96. The van der Waals surface area contributed by atoms with E-state index in [1.165, 1.54) is 23.5 Å².